The van der Waals surface area contributed by atoms with E-state index < -0.39 is 0 Å². The second-order valence-electron chi connectivity index (χ2n) is 4.08. The molecule has 0 aliphatic carbocycles. The van der Waals surface area contributed by atoms with Gasteiger partial charge in [0.15, 0.2) is 0 Å². The third-order valence-electron chi connectivity index (χ3n) is 2.96. The van der Waals surface area contributed by atoms with Gasteiger partial charge in [-0.2, -0.15) is 0 Å². The summed E-state index contributed by atoms with van der Waals surface area (Å²) in [5, 5.41) is 0. The molecule has 1 atom stereocenters. The SMILES string of the molecule is CC[C@@H]1COCC(=O)N1Cc1ccccc1. The van der Waals surface area contributed by atoms with E-state index in [-0.39, 0.29) is 18.6 Å². The average molecular weight is 219 g/mol. The Morgan fingerprint density at radius 2 is 2.12 bits per heavy atom. The Morgan fingerprint density at radius 1 is 1.38 bits per heavy atom. The molecule has 86 valence electrons. The van der Waals surface area contributed by atoms with Crippen LogP contribution in [0.25, 0.3) is 0 Å². The van der Waals surface area contributed by atoms with Gasteiger partial charge in [-0.3, -0.25) is 4.79 Å². The van der Waals surface area contributed by atoms with Crippen LogP contribution in [0.3, 0.4) is 0 Å². The zero-order chi connectivity index (χ0) is 11.4. The number of morpholine rings is 1. The van der Waals surface area contributed by atoms with E-state index in [2.05, 4.69) is 19.1 Å². The van der Waals surface area contributed by atoms with Crippen LogP contribution < -0.4 is 0 Å². The molecule has 0 aromatic heterocycles. The predicted molar refractivity (Wildman–Crippen MR) is 61.9 cm³/mol. The summed E-state index contributed by atoms with van der Waals surface area (Å²) in [5.41, 5.74) is 1.18. The summed E-state index contributed by atoms with van der Waals surface area (Å²) in [7, 11) is 0. The van der Waals surface area contributed by atoms with Crippen LogP contribution in [0.15, 0.2) is 30.3 Å². The number of hydrogen-bond acceptors (Lipinski definition) is 2. The average Bonchev–Trinajstić information content (AvgIpc) is 2.33. The molecule has 1 heterocycles. The van der Waals surface area contributed by atoms with E-state index in [0.29, 0.717) is 13.2 Å². The number of carbonyl (C=O) groups is 1. The van der Waals surface area contributed by atoms with Crippen LogP contribution >= 0.6 is 0 Å². The van der Waals surface area contributed by atoms with Gasteiger partial charge in [-0.25, -0.2) is 0 Å². The van der Waals surface area contributed by atoms with Crippen LogP contribution in [0.2, 0.25) is 0 Å². The van der Waals surface area contributed by atoms with Gasteiger partial charge in [0.05, 0.1) is 12.6 Å². The van der Waals surface area contributed by atoms with Crippen molar-refractivity contribution < 1.29 is 9.53 Å². The zero-order valence-electron chi connectivity index (χ0n) is 9.56. The van der Waals surface area contributed by atoms with E-state index in [9.17, 15) is 4.79 Å². The van der Waals surface area contributed by atoms with Crippen molar-refractivity contribution in [2.75, 3.05) is 13.2 Å². The van der Waals surface area contributed by atoms with Gasteiger partial charge in [-0.05, 0) is 12.0 Å². The largest absolute Gasteiger partial charge is 0.369 e. The Kier molecular flexibility index (Phi) is 3.57. The van der Waals surface area contributed by atoms with Crippen molar-refractivity contribution in [3.8, 4) is 0 Å². The summed E-state index contributed by atoms with van der Waals surface area (Å²) in [6, 6.07) is 10.3. The Bertz CT molecular complexity index is 350. The second kappa shape index (κ2) is 5.12. The van der Waals surface area contributed by atoms with Crippen molar-refractivity contribution in [3.63, 3.8) is 0 Å². The molecule has 0 spiro atoms. The first kappa shape index (κ1) is 11.1. The van der Waals surface area contributed by atoms with Crippen LogP contribution in [0.5, 0.6) is 0 Å². The van der Waals surface area contributed by atoms with Gasteiger partial charge in [-0.15, -0.1) is 0 Å². The van der Waals surface area contributed by atoms with Crippen molar-refractivity contribution in [2.45, 2.75) is 25.9 Å². The standard InChI is InChI=1S/C13H17NO2/c1-2-12-9-16-10-13(15)14(12)8-11-6-4-3-5-7-11/h3-7,12H,2,8-10H2,1H3/t12-/m1/s1. The molecule has 1 fully saturated rings. The highest BCUT2D eigenvalue weighted by molar-refractivity contribution is 5.78. The van der Waals surface area contributed by atoms with Gasteiger partial charge in [0, 0.05) is 6.54 Å². The molecule has 0 saturated carbocycles. The smallest absolute Gasteiger partial charge is 0.249 e. The van der Waals surface area contributed by atoms with E-state index in [1.165, 1.54) is 5.56 Å². The lowest BCUT2D eigenvalue weighted by atomic mass is 10.1. The number of rotatable bonds is 3. The number of hydrogen-bond donors (Lipinski definition) is 0. The molecule has 0 unspecified atom stereocenters. The van der Waals surface area contributed by atoms with Crippen molar-refractivity contribution in [3.05, 3.63) is 35.9 Å². The molecule has 1 aromatic carbocycles. The fourth-order valence-electron chi connectivity index (χ4n) is 1.99. The summed E-state index contributed by atoms with van der Waals surface area (Å²) in [6.45, 7) is 3.67. The highest BCUT2D eigenvalue weighted by atomic mass is 16.5. The minimum Gasteiger partial charge on any atom is -0.369 e. The first-order valence-corrected chi connectivity index (χ1v) is 5.72. The lowest BCUT2D eigenvalue weighted by Gasteiger charge is -2.35. The van der Waals surface area contributed by atoms with Gasteiger partial charge in [0.1, 0.15) is 6.61 Å². The van der Waals surface area contributed by atoms with Gasteiger partial charge in [-0.1, -0.05) is 37.3 Å². The molecule has 3 nitrogen and oxygen atoms in total. The highest BCUT2D eigenvalue weighted by Gasteiger charge is 2.27. The Balaban J connectivity index is 2.08. The van der Waals surface area contributed by atoms with Crippen molar-refractivity contribution in [1.82, 2.24) is 4.90 Å². The molecule has 1 saturated heterocycles. The van der Waals surface area contributed by atoms with E-state index >= 15 is 0 Å². The molecular weight excluding hydrogens is 202 g/mol. The maximum atomic E-state index is 11.8. The van der Waals surface area contributed by atoms with Crippen molar-refractivity contribution in [1.29, 1.82) is 0 Å². The summed E-state index contributed by atoms with van der Waals surface area (Å²) in [4.78, 5) is 13.7. The monoisotopic (exact) mass is 219 g/mol. The zero-order valence-corrected chi connectivity index (χ0v) is 9.56. The van der Waals surface area contributed by atoms with E-state index in [1.807, 2.05) is 23.1 Å². The molecule has 1 aliphatic rings. The van der Waals surface area contributed by atoms with E-state index in [1.54, 1.807) is 0 Å². The number of ether oxygens (including phenoxy) is 1. The van der Waals surface area contributed by atoms with Crippen molar-refractivity contribution >= 4 is 5.91 Å². The maximum absolute atomic E-state index is 11.8. The molecule has 1 aliphatic heterocycles. The van der Waals surface area contributed by atoms with Crippen molar-refractivity contribution in [2.24, 2.45) is 0 Å². The topological polar surface area (TPSA) is 29.5 Å². The van der Waals surface area contributed by atoms with Crippen LogP contribution in [-0.2, 0) is 16.1 Å². The summed E-state index contributed by atoms with van der Waals surface area (Å²) in [5.74, 6) is 0.0990. The maximum Gasteiger partial charge on any atom is 0.249 e. The van der Waals surface area contributed by atoms with Gasteiger partial charge in [0.25, 0.3) is 0 Å². The third-order valence-corrected chi connectivity index (χ3v) is 2.96. The molecule has 3 heteroatoms. The molecule has 1 amide bonds. The lowest BCUT2D eigenvalue weighted by molar-refractivity contribution is -0.149. The fraction of sp³-hybridized carbons (Fsp3) is 0.462. The number of nitrogens with zero attached hydrogens (tertiary/aromatic N) is 1. The Labute approximate surface area is 96.0 Å². The van der Waals surface area contributed by atoms with E-state index in [4.69, 9.17) is 4.74 Å². The van der Waals surface area contributed by atoms with Crippen LogP contribution in [0.1, 0.15) is 18.9 Å². The summed E-state index contributed by atoms with van der Waals surface area (Å²) < 4.78 is 5.26. The van der Waals surface area contributed by atoms with Gasteiger partial charge >= 0.3 is 0 Å². The summed E-state index contributed by atoms with van der Waals surface area (Å²) >= 11 is 0. The second-order valence-corrected chi connectivity index (χ2v) is 4.08. The first-order valence-electron chi connectivity index (χ1n) is 5.72. The van der Waals surface area contributed by atoms with Crippen LogP contribution in [-0.4, -0.2) is 30.1 Å². The molecule has 2 rings (SSSR count). The minimum absolute atomic E-state index is 0.0990. The molecule has 1 aromatic rings. The fourth-order valence-corrected chi connectivity index (χ4v) is 1.99. The Hall–Kier alpha value is -1.35. The van der Waals surface area contributed by atoms with Crippen LogP contribution in [0.4, 0.5) is 0 Å². The lowest BCUT2D eigenvalue weighted by Crippen LogP contribution is -2.48. The molecule has 0 N–H and O–H groups in total. The molecule has 0 radical (unpaired) electrons. The molecule has 16 heavy (non-hydrogen) atoms. The number of benzene rings is 1. The molecular formula is C13H17NO2. The number of amides is 1. The number of carbonyl (C=O) groups excluding carboxylic acids is 1. The van der Waals surface area contributed by atoms with Crippen LogP contribution in [0, 0.1) is 0 Å². The molecule has 0 bridgehead atoms. The minimum atomic E-state index is 0.0990. The van der Waals surface area contributed by atoms with E-state index in [0.717, 1.165) is 6.42 Å². The highest BCUT2D eigenvalue weighted by Crippen LogP contribution is 2.15. The van der Waals surface area contributed by atoms with Gasteiger partial charge < -0.3 is 9.64 Å². The third kappa shape index (κ3) is 2.42. The quantitative estimate of drug-likeness (QED) is 0.776. The normalized spacial score (nSPS) is 21.2. The summed E-state index contributed by atoms with van der Waals surface area (Å²) in [6.07, 6.45) is 0.943. The Morgan fingerprint density at radius 3 is 2.81 bits per heavy atom. The predicted octanol–water partition coefficient (Wildman–Crippen LogP) is 1.82. The van der Waals surface area contributed by atoms with Gasteiger partial charge in [0.2, 0.25) is 5.91 Å². The first-order chi connectivity index (χ1) is 7.81.